The summed E-state index contributed by atoms with van der Waals surface area (Å²) >= 11 is 0. The average Bonchev–Trinajstić information content (AvgIpc) is 2.94. The minimum atomic E-state index is -0.795. The molecule has 1 aliphatic rings. The summed E-state index contributed by atoms with van der Waals surface area (Å²) in [5.41, 5.74) is -0.550. The summed E-state index contributed by atoms with van der Waals surface area (Å²) in [6, 6.07) is 0.205. The van der Waals surface area contributed by atoms with E-state index in [1.165, 1.54) is 0 Å². The predicted molar refractivity (Wildman–Crippen MR) is 89.4 cm³/mol. The molecule has 1 rings (SSSR count). The van der Waals surface area contributed by atoms with Gasteiger partial charge in [0.05, 0.1) is 0 Å². The molecule has 1 saturated carbocycles. The summed E-state index contributed by atoms with van der Waals surface area (Å²) in [5.74, 6) is -0.697. The molecule has 1 aliphatic carbocycles. The van der Waals surface area contributed by atoms with Gasteiger partial charge < -0.3 is 20.1 Å². The minimum absolute atomic E-state index is 0.136. The topological polar surface area (TPSA) is 93.7 Å². The van der Waals surface area contributed by atoms with E-state index in [2.05, 4.69) is 10.6 Å². The lowest BCUT2D eigenvalue weighted by molar-refractivity contribution is -0.155. The highest BCUT2D eigenvalue weighted by Crippen LogP contribution is 2.17. The summed E-state index contributed by atoms with van der Waals surface area (Å²) in [5, 5.41) is 5.47. The predicted octanol–water partition coefficient (Wildman–Crippen LogP) is 2.28. The SMILES string of the molecule is C[C@@H](OC(=O)CCCNC(=O)OC(C)(C)C)C(=O)NC1CCCC1. The first-order chi connectivity index (χ1) is 11.2. The first kappa shape index (κ1) is 20.3. The highest BCUT2D eigenvalue weighted by Gasteiger charge is 2.23. The zero-order chi connectivity index (χ0) is 18.2. The van der Waals surface area contributed by atoms with Crippen LogP contribution in [0.1, 0.15) is 66.2 Å². The van der Waals surface area contributed by atoms with Crippen molar-refractivity contribution in [1.82, 2.24) is 10.6 Å². The first-order valence-electron chi connectivity index (χ1n) is 8.64. The standard InChI is InChI=1S/C17H30N2O5/c1-12(15(21)19-13-8-5-6-9-13)23-14(20)10-7-11-18-16(22)24-17(2,3)4/h12-13H,5-11H2,1-4H3,(H,18,22)(H,19,21)/t12-/m1/s1. The third kappa shape index (κ3) is 8.74. The minimum Gasteiger partial charge on any atom is -0.453 e. The number of nitrogens with one attached hydrogen (secondary N) is 2. The number of carbonyl (C=O) groups excluding carboxylic acids is 3. The Hall–Kier alpha value is -1.79. The lowest BCUT2D eigenvalue weighted by atomic mass is 10.2. The smallest absolute Gasteiger partial charge is 0.407 e. The molecule has 0 bridgehead atoms. The fourth-order valence-electron chi connectivity index (χ4n) is 2.44. The molecule has 0 saturated heterocycles. The Balaban J connectivity index is 2.14. The van der Waals surface area contributed by atoms with Crippen molar-refractivity contribution in [1.29, 1.82) is 0 Å². The van der Waals surface area contributed by atoms with Crippen LogP contribution >= 0.6 is 0 Å². The van der Waals surface area contributed by atoms with E-state index in [0.29, 0.717) is 13.0 Å². The number of carbonyl (C=O) groups is 3. The molecule has 2 amide bonds. The van der Waals surface area contributed by atoms with Gasteiger partial charge in [-0.05, 0) is 47.0 Å². The Kier molecular flexibility index (Phi) is 8.01. The zero-order valence-corrected chi connectivity index (χ0v) is 15.1. The van der Waals surface area contributed by atoms with Crippen molar-refractivity contribution >= 4 is 18.0 Å². The molecule has 0 aromatic rings. The molecular formula is C17H30N2O5. The molecular weight excluding hydrogens is 312 g/mol. The Labute approximate surface area is 143 Å². The number of alkyl carbamates (subject to hydrolysis) is 1. The van der Waals surface area contributed by atoms with E-state index in [4.69, 9.17) is 9.47 Å². The van der Waals surface area contributed by atoms with Crippen LogP contribution in [-0.4, -0.2) is 42.3 Å². The van der Waals surface area contributed by atoms with Crippen LogP contribution in [0.2, 0.25) is 0 Å². The molecule has 0 aromatic carbocycles. The molecule has 1 fully saturated rings. The molecule has 0 heterocycles. The highest BCUT2D eigenvalue weighted by molar-refractivity contribution is 5.83. The Morgan fingerprint density at radius 3 is 2.38 bits per heavy atom. The zero-order valence-electron chi connectivity index (χ0n) is 15.1. The second-order valence-electron chi connectivity index (χ2n) is 7.15. The molecule has 0 aromatic heterocycles. The van der Waals surface area contributed by atoms with Crippen molar-refractivity contribution in [2.75, 3.05) is 6.54 Å². The number of esters is 1. The summed E-state index contributed by atoms with van der Waals surface area (Å²) < 4.78 is 10.2. The van der Waals surface area contributed by atoms with Gasteiger partial charge in [0.25, 0.3) is 5.91 Å². The summed E-state index contributed by atoms with van der Waals surface area (Å²) in [4.78, 5) is 35.1. The molecule has 7 heteroatoms. The molecule has 0 unspecified atom stereocenters. The van der Waals surface area contributed by atoms with Crippen LogP contribution in [0.15, 0.2) is 0 Å². The van der Waals surface area contributed by atoms with Crippen molar-refractivity contribution in [2.24, 2.45) is 0 Å². The lowest BCUT2D eigenvalue weighted by Gasteiger charge is -2.19. The number of hydrogen-bond donors (Lipinski definition) is 2. The van der Waals surface area contributed by atoms with Crippen LogP contribution in [0, 0.1) is 0 Å². The van der Waals surface area contributed by atoms with Crippen molar-refractivity contribution in [3.63, 3.8) is 0 Å². The molecule has 0 radical (unpaired) electrons. The second-order valence-corrected chi connectivity index (χ2v) is 7.15. The van der Waals surface area contributed by atoms with Gasteiger partial charge in [0.15, 0.2) is 6.10 Å². The maximum absolute atomic E-state index is 11.9. The summed E-state index contributed by atoms with van der Waals surface area (Å²) in [7, 11) is 0. The number of hydrogen-bond acceptors (Lipinski definition) is 5. The third-order valence-electron chi connectivity index (χ3n) is 3.60. The maximum atomic E-state index is 11.9. The van der Waals surface area contributed by atoms with Crippen molar-refractivity contribution in [3.05, 3.63) is 0 Å². The fraction of sp³-hybridized carbons (Fsp3) is 0.824. The van der Waals surface area contributed by atoms with E-state index in [0.717, 1.165) is 25.7 Å². The molecule has 7 nitrogen and oxygen atoms in total. The number of ether oxygens (including phenoxy) is 2. The monoisotopic (exact) mass is 342 g/mol. The molecule has 0 spiro atoms. The van der Waals surface area contributed by atoms with E-state index >= 15 is 0 Å². The van der Waals surface area contributed by atoms with Crippen LogP contribution in [0.4, 0.5) is 4.79 Å². The molecule has 138 valence electrons. The van der Waals surface area contributed by atoms with Gasteiger partial charge in [-0.2, -0.15) is 0 Å². The second kappa shape index (κ2) is 9.49. The molecule has 2 N–H and O–H groups in total. The Bertz CT molecular complexity index is 439. The van der Waals surface area contributed by atoms with Gasteiger partial charge in [0.1, 0.15) is 5.60 Å². The summed E-state index contributed by atoms with van der Waals surface area (Å²) in [6.45, 7) is 7.22. The van der Waals surface area contributed by atoms with Gasteiger partial charge in [-0.25, -0.2) is 4.79 Å². The van der Waals surface area contributed by atoms with Crippen LogP contribution in [-0.2, 0) is 19.1 Å². The van der Waals surface area contributed by atoms with E-state index < -0.39 is 23.8 Å². The maximum Gasteiger partial charge on any atom is 0.407 e. The van der Waals surface area contributed by atoms with Crippen LogP contribution in [0.25, 0.3) is 0 Å². The van der Waals surface area contributed by atoms with Gasteiger partial charge in [0.2, 0.25) is 0 Å². The Morgan fingerprint density at radius 2 is 1.79 bits per heavy atom. The van der Waals surface area contributed by atoms with Crippen LogP contribution in [0.3, 0.4) is 0 Å². The van der Waals surface area contributed by atoms with Gasteiger partial charge in [-0.3, -0.25) is 9.59 Å². The third-order valence-corrected chi connectivity index (χ3v) is 3.60. The van der Waals surface area contributed by atoms with Gasteiger partial charge in [-0.1, -0.05) is 12.8 Å². The van der Waals surface area contributed by atoms with Crippen molar-refractivity contribution in [3.8, 4) is 0 Å². The van der Waals surface area contributed by atoms with Crippen molar-refractivity contribution < 1.29 is 23.9 Å². The number of rotatable bonds is 7. The van der Waals surface area contributed by atoms with E-state index in [-0.39, 0.29) is 18.4 Å². The van der Waals surface area contributed by atoms with E-state index in [1.807, 2.05) is 0 Å². The van der Waals surface area contributed by atoms with Crippen molar-refractivity contribution in [2.45, 2.75) is 84.0 Å². The highest BCUT2D eigenvalue weighted by atomic mass is 16.6. The van der Waals surface area contributed by atoms with Crippen LogP contribution < -0.4 is 10.6 Å². The Morgan fingerprint density at radius 1 is 1.17 bits per heavy atom. The largest absolute Gasteiger partial charge is 0.453 e. The molecule has 0 aliphatic heterocycles. The fourth-order valence-corrected chi connectivity index (χ4v) is 2.44. The van der Waals surface area contributed by atoms with Gasteiger partial charge >= 0.3 is 12.1 Å². The quantitative estimate of drug-likeness (QED) is 0.547. The summed E-state index contributed by atoms with van der Waals surface area (Å²) in [6.07, 6.45) is 3.49. The first-order valence-corrected chi connectivity index (χ1v) is 8.64. The number of amides is 2. The van der Waals surface area contributed by atoms with E-state index in [9.17, 15) is 14.4 Å². The molecule has 1 atom stereocenters. The molecule has 24 heavy (non-hydrogen) atoms. The van der Waals surface area contributed by atoms with E-state index in [1.54, 1.807) is 27.7 Å². The van der Waals surface area contributed by atoms with Gasteiger partial charge in [-0.15, -0.1) is 0 Å². The lowest BCUT2D eigenvalue weighted by Crippen LogP contribution is -2.40. The normalized spacial score (nSPS) is 16.3. The average molecular weight is 342 g/mol. The van der Waals surface area contributed by atoms with Crippen LogP contribution in [0.5, 0.6) is 0 Å². The van der Waals surface area contributed by atoms with Gasteiger partial charge in [0, 0.05) is 19.0 Å².